The second-order valence-electron chi connectivity index (χ2n) is 6.46. The van der Waals surface area contributed by atoms with E-state index in [0.717, 1.165) is 18.7 Å². The molecule has 0 aliphatic carbocycles. The van der Waals surface area contributed by atoms with Gasteiger partial charge < -0.3 is 20.8 Å². The van der Waals surface area contributed by atoms with Crippen molar-refractivity contribution in [2.24, 2.45) is 0 Å². The first-order chi connectivity index (χ1) is 12.9. The maximum Gasteiger partial charge on any atom is 0.205 e. The topological polar surface area (TPSA) is 123 Å². The molecule has 0 bridgehead atoms. The molecule has 0 unspecified atom stereocenters. The summed E-state index contributed by atoms with van der Waals surface area (Å²) >= 11 is 0. The largest absolute Gasteiger partial charge is 0.481 e. The summed E-state index contributed by atoms with van der Waals surface area (Å²) in [6, 6.07) is 2.08. The van der Waals surface area contributed by atoms with Crippen molar-refractivity contribution in [2.75, 3.05) is 17.7 Å². The summed E-state index contributed by atoms with van der Waals surface area (Å²) in [7, 11) is 1.39. The fourth-order valence-corrected chi connectivity index (χ4v) is 2.52. The Kier molecular flexibility index (Phi) is 6.86. The normalized spacial score (nSPS) is 11.5. The van der Waals surface area contributed by atoms with Crippen LogP contribution in [0, 0.1) is 5.41 Å². The van der Waals surface area contributed by atoms with Gasteiger partial charge >= 0.3 is 0 Å². The Bertz CT molecular complexity index is 835. The van der Waals surface area contributed by atoms with E-state index in [9.17, 15) is 5.41 Å². The lowest BCUT2D eigenvalue weighted by Crippen LogP contribution is -2.19. The van der Waals surface area contributed by atoms with Crippen LogP contribution >= 0.6 is 0 Å². The monoisotopic (exact) mass is 371 g/mol. The summed E-state index contributed by atoms with van der Waals surface area (Å²) < 4.78 is 6.42. The van der Waals surface area contributed by atoms with E-state index >= 15 is 0 Å². The van der Waals surface area contributed by atoms with Gasteiger partial charge in [-0.05, 0) is 25.0 Å². The molecule has 0 saturated heterocycles. The second-order valence-corrected chi connectivity index (χ2v) is 6.46. The van der Waals surface area contributed by atoms with Crippen LogP contribution in [0.4, 0.5) is 11.5 Å². The molecule has 0 saturated carbocycles. The molecule has 0 spiro atoms. The van der Waals surface area contributed by atoms with E-state index in [1.54, 1.807) is 10.6 Å². The lowest BCUT2D eigenvalue weighted by molar-refractivity contribution is 0.403. The minimum atomic E-state index is -0.146. The number of rotatable bonds is 8. The van der Waals surface area contributed by atoms with Gasteiger partial charge in [0, 0.05) is 17.6 Å². The van der Waals surface area contributed by atoms with E-state index in [1.165, 1.54) is 19.3 Å². The van der Waals surface area contributed by atoms with Gasteiger partial charge in [0.15, 0.2) is 11.5 Å². The molecule has 2 rings (SSSR count). The van der Waals surface area contributed by atoms with Gasteiger partial charge in [0.05, 0.1) is 7.11 Å². The molecule has 0 aromatic carbocycles. The van der Waals surface area contributed by atoms with E-state index in [2.05, 4.69) is 39.8 Å². The minimum Gasteiger partial charge on any atom is -0.481 e. The fraction of sp³-hybridized carbons (Fsp3) is 0.500. The molecule has 0 aliphatic heterocycles. The Hall–Kier alpha value is -2.97. The molecule has 2 heterocycles. The molecule has 0 atom stereocenters. The van der Waals surface area contributed by atoms with E-state index in [1.807, 2.05) is 13.8 Å². The average molecular weight is 371 g/mol. The Morgan fingerprint density at radius 1 is 1.30 bits per heavy atom. The van der Waals surface area contributed by atoms with Crippen LogP contribution in [0.5, 0.6) is 0 Å². The molecule has 0 fully saturated rings. The smallest absolute Gasteiger partial charge is 0.205 e. The van der Waals surface area contributed by atoms with Crippen molar-refractivity contribution in [3.05, 3.63) is 29.5 Å². The third kappa shape index (κ3) is 5.02. The number of ether oxygens (including phenoxy) is 1. The average Bonchev–Trinajstić information content (AvgIpc) is 3.08. The highest BCUT2D eigenvalue weighted by molar-refractivity contribution is 6.09. The van der Waals surface area contributed by atoms with Gasteiger partial charge in [-0.2, -0.15) is 4.52 Å². The minimum absolute atomic E-state index is 0.0658. The van der Waals surface area contributed by atoms with Crippen molar-refractivity contribution in [3.8, 4) is 0 Å². The van der Waals surface area contributed by atoms with Crippen LogP contribution in [0.3, 0.4) is 0 Å². The molecule has 2 aromatic rings. The van der Waals surface area contributed by atoms with Gasteiger partial charge in [-0.25, -0.2) is 0 Å². The van der Waals surface area contributed by atoms with Crippen molar-refractivity contribution in [2.45, 2.75) is 52.5 Å². The van der Waals surface area contributed by atoms with Crippen molar-refractivity contribution >= 4 is 28.9 Å². The molecule has 0 aliphatic rings. The maximum absolute atomic E-state index is 10.2. The zero-order valence-corrected chi connectivity index (χ0v) is 16.4. The third-order valence-corrected chi connectivity index (χ3v) is 4.12. The van der Waals surface area contributed by atoms with Crippen LogP contribution in [0.15, 0.2) is 18.2 Å². The first-order valence-electron chi connectivity index (χ1n) is 9.05. The van der Waals surface area contributed by atoms with Crippen LogP contribution in [0.25, 0.3) is 11.1 Å². The van der Waals surface area contributed by atoms with Crippen LogP contribution in [0.1, 0.15) is 52.3 Å². The highest BCUT2D eigenvalue weighted by Gasteiger charge is 2.15. The zero-order chi connectivity index (χ0) is 20.0. The number of hydrogen-bond acceptors (Lipinski definition) is 6. The van der Waals surface area contributed by atoms with Crippen LogP contribution < -0.4 is 10.6 Å². The molecule has 9 heteroatoms. The van der Waals surface area contributed by atoms with Gasteiger partial charge in [-0.15, -0.1) is 15.3 Å². The second kappa shape index (κ2) is 9.11. The molecule has 27 heavy (non-hydrogen) atoms. The fourth-order valence-electron chi connectivity index (χ4n) is 2.52. The molecule has 2 aromatic heterocycles. The Morgan fingerprint density at radius 2 is 2.00 bits per heavy atom. The summed E-state index contributed by atoms with van der Waals surface area (Å²) in [5.74, 6) is 1.33. The van der Waals surface area contributed by atoms with Crippen LogP contribution in [0.2, 0.25) is 0 Å². The van der Waals surface area contributed by atoms with Crippen molar-refractivity contribution in [3.63, 3.8) is 0 Å². The lowest BCUT2D eigenvalue weighted by atomic mass is 10.2. The first-order valence-corrected chi connectivity index (χ1v) is 9.05. The number of nitrogens with zero attached hydrogens (tertiary/aromatic N) is 5. The SMILES string of the molecule is CCC(CC)Nc1cc(NC(=[N-])/C=C\C(=N)OC)c2nnc(C(C)C)n2n1. The molecule has 9 nitrogen and oxygen atoms in total. The van der Waals surface area contributed by atoms with E-state index in [0.29, 0.717) is 23.2 Å². The number of fused-ring (bicyclic) bond motifs is 1. The number of methoxy groups -OCH3 is 1. The van der Waals surface area contributed by atoms with Gasteiger partial charge in [0.25, 0.3) is 0 Å². The summed E-state index contributed by atoms with van der Waals surface area (Å²) in [4.78, 5) is 0. The quantitative estimate of drug-likeness (QED) is 0.483. The Labute approximate surface area is 159 Å². The molecular weight excluding hydrogens is 344 g/mol. The Balaban J connectivity index is 2.41. The predicted octanol–water partition coefficient (Wildman–Crippen LogP) is 3.41. The van der Waals surface area contributed by atoms with Gasteiger partial charge in [-0.1, -0.05) is 39.6 Å². The zero-order valence-electron chi connectivity index (χ0n) is 16.4. The van der Waals surface area contributed by atoms with Gasteiger partial charge in [-0.3, -0.25) is 5.41 Å². The van der Waals surface area contributed by atoms with Gasteiger partial charge in [0.1, 0.15) is 5.82 Å². The summed E-state index contributed by atoms with van der Waals surface area (Å²) in [5, 5.41) is 37.0. The van der Waals surface area contributed by atoms with Crippen molar-refractivity contribution in [1.29, 1.82) is 5.41 Å². The first kappa shape index (κ1) is 20.3. The molecule has 146 valence electrons. The highest BCUT2D eigenvalue weighted by atomic mass is 16.5. The number of anilines is 2. The number of aromatic nitrogens is 4. The summed E-state index contributed by atoms with van der Waals surface area (Å²) in [6.45, 7) is 8.28. The molecule has 0 amide bonds. The number of amidine groups is 1. The predicted molar refractivity (Wildman–Crippen MR) is 109 cm³/mol. The van der Waals surface area contributed by atoms with Crippen molar-refractivity contribution < 1.29 is 4.74 Å². The molecular formula is C18H27N8O-. The van der Waals surface area contributed by atoms with E-state index in [4.69, 9.17) is 10.1 Å². The van der Waals surface area contributed by atoms with E-state index in [-0.39, 0.29) is 17.7 Å². The van der Waals surface area contributed by atoms with E-state index < -0.39 is 0 Å². The Morgan fingerprint density at radius 3 is 2.59 bits per heavy atom. The van der Waals surface area contributed by atoms with Crippen LogP contribution in [-0.4, -0.2) is 44.7 Å². The third-order valence-electron chi connectivity index (χ3n) is 4.12. The van der Waals surface area contributed by atoms with Gasteiger partial charge in [0.2, 0.25) is 5.90 Å². The summed E-state index contributed by atoms with van der Waals surface area (Å²) in [5.41, 5.74) is 1.07. The molecule has 3 N–H and O–H groups in total. The molecule has 0 radical (unpaired) electrons. The van der Waals surface area contributed by atoms with Crippen LogP contribution in [-0.2, 0) is 4.74 Å². The van der Waals surface area contributed by atoms with Crippen molar-refractivity contribution in [1.82, 2.24) is 19.8 Å². The number of hydrogen-bond donors (Lipinski definition) is 3. The standard InChI is InChI=1S/C18H27N8O/c1-6-12(7-2)21-16-10-13(22-14(19)8-9-15(20)27-5)18-24-23-17(11(3)4)26(18)25-16/h8-12,20H,6-7H2,1-5H3,(H2-,19,21,22,25)/q-1/b9-8-,20-15?. The summed E-state index contributed by atoms with van der Waals surface area (Å²) in [6.07, 6.45) is 4.62. The highest BCUT2D eigenvalue weighted by Crippen LogP contribution is 2.23. The maximum atomic E-state index is 10.2. The lowest BCUT2D eigenvalue weighted by Gasteiger charge is -2.19. The number of nitrogens with one attached hydrogen (secondary N) is 3.